The summed E-state index contributed by atoms with van der Waals surface area (Å²) in [5.41, 5.74) is 1.99. The SMILES string of the molecule is COc1cc(C=CC(=O)Nc2ccn(CCc3ccncc3)n2)cc(OC)c1. The molecule has 0 unspecified atom stereocenters. The van der Waals surface area contributed by atoms with Crippen LogP contribution in [0.2, 0.25) is 0 Å². The second-order valence-electron chi connectivity index (χ2n) is 6.04. The van der Waals surface area contributed by atoms with Crippen molar-refractivity contribution < 1.29 is 14.3 Å². The Morgan fingerprint density at radius 1 is 1.11 bits per heavy atom. The first-order valence-corrected chi connectivity index (χ1v) is 8.81. The van der Waals surface area contributed by atoms with Crippen LogP contribution in [0.1, 0.15) is 11.1 Å². The first-order chi connectivity index (χ1) is 13.7. The van der Waals surface area contributed by atoms with E-state index in [4.69, 9.17) is 9.47 Å². The Hall–Kier alpha value is -3.61. The van der Waals surface area contributed by atoms with Gasteiger partial charge in [-0.05, 0) is 47.9 Å². The Balaban J connectivity index is 1.56. The van der Waals surface area contributed by atoms with Gasteiger partial charge in [-0.3, -0.25) is 14.5 Å². The summed E-state index contributed by atoms with van der Waals surface area (Å²) in [6.07, 6.45) is 9.37. The van der Waals surface area contributed by atoms with E-state index in [1.165, 1.54) is 11.6 Å². The minimum atomic E-state index is -0.263. The summed E-state index contributed by atoms with van der Waals surface area (Å²) < 4.78 is 12.3. The monoisotopic (exact) mass is 378 g/mol. The predicted octanol–water partition coefficient (Wildman–Crippen LogP) is 3.19. The van der Waals surface area contributed by atoms with Gasteiger partial charge in [0, 0.05) is 43.3 Å². The van der Waals surface area contributed by atoms with Crippen LogP contribution in [0, 0.1) is 0 Å². The normalized spacial score (nSPS) is 10.8. The lowest BCUT2D eigenvalue weighted by atomic mass is 10.2. The van der Waals surface area contributed by atoms with Gasteiger partial charge in [0.1, 0.15) is 11.5 Å². The summed E-state index contributed by atoms with van der Waals surface area (Å²) in [5.74, 6) is 1.56. The predicted molar refractivity (Wildman–Crippen MR) is 107 cm³/mol. The Morgan fingerprint density at radius 3 is 2.50 bits per heavy atom. The Bertz CT molecular complexity index is 929. The number of aryl methyl sites for hydroxylation is 2. The number of anilines is 1. The maximum atomic E-state index is 12.2. The van der Waals surface area contributed by atoms with Gasteiger partial charge in [0.2, 0.25) is 5.91 Å². The number of benzene rings is 1. The Morgan fingerprint density at radius 2 is 1.82 bits per heavy atom. The highest BCUT2D eigenvalue weighted by Gasteiger charge is 2.04. The van der Waals surface area contributed by atoms with Crippen LogP contribution in [0.15, 0.2) is 61.1 Å². The van der Waals surface area contributed by atoms with Crippen molar-refractivity contribution in [1.29, 1.82) is 0 Å². The van der Waals surface area contributed by atoms with E-state index in [-0.39, 0.29) is 5.91 Å². The largest absolute Gasteiger partial charge is 0.497 e. The van der Waals surface area contributed by atoms with Gasteiger partial charge in [-0.15, -0.1) is 0 Å². The van der Waals surface area contributed by atoms with Crippen molar-refractivity contribution in [3.05, 3.63) is 72.2 Å². The number of nitrogens with one attached hydrogen (secondary N) is 1. The number of nitrogens with zero attached hydrogens (tertiary/aromatic N) is 3. The van der Waals surface area contributed by atoms with Gasteiger partial charge < -0.3 is 14.8 Å². The number of pyridine rings is 1. The zero-order chi connectivity index (χ0) is 19.8. The molecule has 0 aliphatic rings. The number of carbonyl (C=O) groups is 1. The molecule has 3 aromatic rings. The molecule has 1 N–H and O–H groups in total. The van der Waals surface area contributed by atoms with Crippen molar-refractivity contribution >= 4 is 17.8 Å². The number of ether oxygens (including phenoxy) is 2. The Kier molecular flexibility index (Phi) is 6.41. The molecule has 1 amide bonds. The summed E-state index contributed by atoms with van der Waals surface area (Å²) >= 11 is 0. The lowest BCUT2D eigenvalue weighted by Gasteiger charge is -2.05. The Labute approximate surface area is 163 Å². The molecule has 28 heavy (non-hydrogen) atoms. The summed E-state index contributed by atoms with van der Waals surface area (Å²) in [6.45, 7) is 0.722. The second kappa shape index (κ2) is 9.36. The van der Waals surface area contributed by atoms with Gasteiger partial charge >= 0.3 is 0 Å². The van der Waals surface area contributed by atoms with Gasteiger partial charge in [0.15, 0.2) is 5.82 Å². The summed E-state index contributed by atoms with van der Waals surface area (Å²) in [7, 11) is 3.17. The maximum absolute atomic E-state index is 12.2. The van der Waals surface area contributed by atoms with Crippen LogP contribution in [0.3, 0.4) is 0 Å². The van der Waals surface area contributed by atoms with Gasteiger partial charge in [-0.25, -0.2) is 0 Å². The molecular weight excluding hydrogens is 356 g/mol. The number of hydrogen-bond acceptors (Lipinski definition) is 5. The van der Waals surface area contributed by atoms with Crippen molar-refractivity contribution in [2.75, 3.05) is 19.5 Å². The average molecular weight is 378 g/mol. The average Bonchev–Trinajstić information content (AvgIpc) is 3.18. The van der Waals surface area contributed by atoms with Crippen LogP contribution >= 0.6 is 0 Å². The fraction of sp³-hybridized carbons (Fsp3) is 0.190. The third kappa shape index (κ3) is 5.44. The maximum Gasteiger partial charge on any atom is 0.249 e. The van der Waals surface area contributed by atoms with Crippen LogP contribution in [0.25, 0.3) is 6.08 Å². The molecule has 144 valence electrons. The summed E-state index contributed by atoms with van der Waals surface area (Å²) in [5, 5.41) is 7.13. The molecular formula is C21H22N4O3. The molecule has 2 heterocycles. The van der Waals surface area contributed by atoms with Crippen molar-refractivity contribution in [3.8, 4) is 11.5 Å². The standard InChI is InChI=1S/C21H22N4O3/c1-27-18-13-17(14-19(15-18)28-2)3-4-21(26)23-20-8-12-25(24-20)11-7-16-5-9-22-10-6-16/h3-6,8-10,12-15H,7,11H2,1-2H3,(H,23,24,26). The van der Waals surface area contributed by atoms with Crippen molar-refractivity contribution in [1.82, 2.24) is 14.8 Å². The first kappa shape index (κ1) is 19.2. The zero-order valence-electron chi connectivity index (χ0n) is 15.8. The van der Waals surface area contributed by atoms with Crippen LogP contribution in [0.5, 0.6) is 11.5 Å². The number of amides is 1. The van der Waals surface area contributed by atoms with E-state index < -0.39 is 0 Å². The molecule has 0 aliphatic heterocycles. The molecule has 7 heteroatoms. The molecule has 7 nitrogen and oxygen atoms in total. The fourth-order valence-corrected chi connectivity index (χ4v) is 2.61. The minimum absolute atomic E-state index is 0.263. The fourth-order valence-electron chi connectivity index (χ4n) is 2.61. The van der Waals surface area contributed by atoms with E-state index in [0.717, 1.165) is 18.5 Å². The molecule has 0 aliphatic carbocycles. The van der Waals surface area contributed by atoms with Crippen molar-refractivity contribution in [3.63, 3.8) is 0 Å². The third-order valence-corrected chi connectivity index (χ3v) is 4.07. The van der Waals surface area contributed by atoms with E-state index >= 15 is 0 Å². The highest BCUT2D eigenvalue weighted by atomic mass is 16.5. The van der Waals surface area contributed by atoms with Gasteiger partial charge in [-0.2, -0.15) is 5.10 Å². The van der Waals surface area contributed by atoms with Gasteiger partial charge in [0.05, 0.1) is 14.2 Å². The van der Waals surface area contributed by atoms with Gasteiger partial charge in [-0.1, -0.05) is 0 Å². The van der Waals surface area contributed by atoms with Crippen LogP contribution < -0.4 is 14.8 Å². The molecule has 0 bridgehead atoms. The number of carbonyl (C=O) groups excluding carboxylic acids is 1. The van der Waals surface area contributed by atoms with E-state index in [9.17, 15) is 4.79 Å². The summed E-state index contributed by atoms with van der Waals surface area (Å²) in [6, 6.07) is 11.1. The van der Waals surface area contributed by atoms with Crippen molar-refractivity contribution in [2.45, 2.75) is 13.0 Å². The minimum Gasteiger partial charge on any atom is -0.497 e. The van der Waals surface area contributed by atoms with E-state index in [0.29, 0.717) is 17.3 Å². The van der Waals surface area contributed by atoms with Crippen LogP contribution in [-0.2, 0) is 17.8 Å². The molecule has 0 saturated heterocycles. The van der Waals surface area contributed by atoms with Crippen molar-refractivity contribution in [2.24, 2.45) is 0 Å². The molecule has 0 saturated carbocycles. The molecule has 0 atom stereocenters. The van der Waals surface area contributed by atoms with Crippen LogP contribution in [-0.4, -0.2) is 34.9 Å². The van der Waals surface area contributed by atoms with E-state index in [1.807, 2.05) is 30.5 Å². The van der Waals surface area contributed by atoms with E-state index in [2.05, 4.69) is 15.4 Å². The molecule has 3 rings (SSSR count). The highest BCUT2D eigenvalue weighted by Crippen LogP contribution is 2.23. The van der Waals surface area contributed by atoms with Crippen LogP contribution in [0.4, 0.5) is 5.82 Å². The number of methoxy groups -OCH3 is 2. The zero-order valence-corrected chi connectivity index (χ0v) is 15.8. The molecule has 1 aromatic carbocycles. The number of hydrogen-bond donors (Lipinski definition) is 1. The third-order valence-electron chi connectivity index (χ3n) is 4.07. The molecule has 2 aromatic heterocycles. The molecule has 0 fully saturated rings. The first-order valence-electron chi connectivity index (χ1n) is 8.81. The summed E-state index contributed by atoms with van der Waals surface area (Å²) in [4.78, 5) is 16.2. The van der Waals surface area contributed by atoms with Gasteiger partial charge in [0.25, 0.3) is 0 Å². The number of rotatable bonds is 8. The second-order valence-corrected chi connectivity index (χ2v) is 6.04. The quantitative estimate of drug-likeness (QED) is 0.609. The molecule has 0 radical (unpaired) electrons. The smallest absolute Gasteiger partial charge is 0.249 e. The highest BCUT2D eigenvalue weighted by molar-refractivity contribution is 6.01. The lowest BCUT2D eigenvalue weighted by Crippen LogP contribution is -2.09. The molecule has 0 spiro atoms. The van der Waals surface area contributed by atoms with E-state index in [1.54, 1.807) is 49.5 Å². The number of aromatic nitrogens is 3. The lowest BCUT2D eigenvalue weighted by molar-refractivity contribution is -0.111. The topological polar surface area (TPSA) is 78.3 Å².